The van der Waals surface area contributed by atoms with Gasteiger partial charge in [0.15, 0.2) is 11.5 Å². The SMILES string of the molecule is COc1ccc(NC(=O)C=Cc2ccc(OC)c(OC)c2)cc1Cl. The first-order valence-corrected chi connectivity index (χ1v) is 7.49. The van der Waals surface area contributed by atoms with Crippen LogP contribution in [0, 0.1) is 0 Å². The largest absolute Gasteiger partial charge is 0.495 e. The van der Waals surface area contributed by atoms with Crippen molar-refractivity contribution in [2.75, 3.05) is 26.6 Å². The number of methoxy groups -OCH3 is 3. The lowest BCUT2D eigenvalue weighted by molar-refractivity contribution is -0.111. The van der Waals surface area contributed by atoms with Gasteiger partial charge in [-0.3, -0.25) is 4.79 Å². The quantitative estimate of drug-likeness (QED) is 0.802. The fourth-order valence-electron chi connectivity index (χ4n) is 2.06. The summed E-state index contributed by atoms with van der Waals surface area (Å²) in [7, 11) is 4.66. The Hall–Kier alpha value is -2.66. The van der Waals surface area contributed by atoms with E-state index < -0.39 is 0 Å². The summed E-state index contributed by atoms with van der Waals surface area (Å²) < 4.78 is 15.5. The molecule has 0 saturated heterocycles. The van der Waals surface area contributed by atoms with Crippen LogP contribution >= 0.6 is 11.6 Å². The summed E-state index contributed by atoms with van der Waals surface area (Å²) in [5.41, 5.74) is 1.40. The first kappa shape index (κ1) is 17.7. The van der Waals surface area contributed by atoms with Gasteiger partial charge in [-0.1, -0.05) is 17.7 Å². The second kappa shape index (κ2) is 8.26. The molecule has 0 atom stereocenters. The lowest BCUT2D eigenvalue weighted by Gasteiger charge is -2.08. The number of amides is 1. The van der Waals surface area contributed by atoms with Crippen LogP contribution in [-0.4, -0.2) is 27.2 Å². The number of rotatable bonds is 6. The molecule has 0 bridgehead atoms. The number of halogens is 1. The number of ether oxygens (including phenoxy) is 3. The molecule has 0 aromatic heterocycles. The predicted molar refractivity (Wildman–Crippen MR) is 95.2 cm³/mol. The Labute approximate surface area is 145 Å². The molecule has 1 amide bonds. The van der Waals surface area contributed by atoms with E-state index in [9.17, 15) is 4.79 Å². The number of carbonyl (C=O) groups excluding carboxylic acids is 1. The van der Waals surface area contributed by atoms with E-state index in [4.69, 9.17) is 25.8 Å². The van der Waals surface area contributed by atoms with Crippen molar-refractivity contribution in [3.63, 3.8) is 0 Å². The van der Waals surface area contributed by atoms with Crippen molar-refractivity contribution in [3.05, 3.63) is 53.1 Å². The number of anilines is 1. The van der Waals surface area contributed by atoms with Gasteiger partial charge in [0.2, 0.25) is 5.91 Å². The van der Waals surface area contributed by atoms with Gasteiger partial charge in [0.05, 0.1) is 26.4 Å². The van der Waals surface area contributed by atoms with Crippen LogP contribution in [0.1, 0.15) is 5.56 Å². The van der Waals surface area contributed by atoms with E-state index in [2.05, 4.69) is 5.32 Å². The maximum Gasteiger partial charge on any atom is 0.248 e. The fraction of sp³-hybridized carbons (Fsp3) is 0.167. The molecule has 5 nitrogen and oxygen atoms in total. The van der Waals surface area contributed by atoms with Crippen LogP contribution < -0.4 is 19.5 Å². The van der Waals surface area contributed by atoms with Crippen molar-refractivity contribution in [1.82, 2.24) is 0 Å². The van der Waals surface area contributed by atoms with E-state index in [1.807, 2.05) is 6.07 Å². The molecule has 6 heteroatoms. The highest BCUT2D eigenvalue weighted by Gasteiger charge is 2.05. The van der Waals surface area contributed by atoms with Crippen LogP contribution in [0.5, 0.6) is 17.2 Å². The standard InChI is InChI=1S/C18H18ClNO4/c1-22-15-8-6-13(11-14(15)19)20-18(21)9-5-12-4-7-16(23-2)17(10-12)24-3/h4-11H,1-3H3,(H,20,21). The molecule has 2 aromatic carbocycles. The maximum absolute atomic E-state index is 12.0. The van der Waals surface area contributed by atoms with E-state index in [1.54, 1.807) is 50.6 Å². The Kier molecular flexibility index (Phi) is 6.09. The third kappa shape index (κ3) is 4.43. The monoisotopic (exact) mass is 347 g/mol. The molecule has 0 fully saturated rings. The number of benzene rings is 2. The third-order valence-corrected chi connectivity index (χ3v) is 3.55. The molecule has 0 aliphatic heterocycles. The second-order valence-electron chi connectivity index (χ2n) is 4.79. The number of carbonyl (C=O) groups is 1. The molecule has 2 aromatic rings. The molecule has 0 saturated carbocycles. The Morgan fingerprint density at radius 2 is 1.62 bits per heavy atom. The van der Waals surface area contributed by atoms with Gasteiger partial charge in [-0.25, -0.2) is 0 Å². The van der Waals surface area contributed by atoms with E-state index in [0.29, 0.717) is 28.0 Å². The van der Waals surface area contributed by atoms with Crippen molar-refractivity contribution in [1.29, 1.82) is 0 Å². The lowest BCUT2D eigenvalue weighted by atomic mass is 10.2. The Balaban J connectivity index is 2.06. The molecule has 0 aliphatic rings. The Morgan fingerprint density at radius 3 is 2.25 bits per heavy atom. The van der Waals surface area contributed by atoms with Crippen molar-refractivity contribution >= 4 is 29.3 Å². The smallest absolute Gasteiger partial charge is 0.248 e. The predicted octanol–water partition coefficient (Wildman–Crippen LogP) is 4.02. The van der Waals surface area contributed by atoms with Crippen molar-refractivity contribution in [3.8, 4) is 17.2 Å². The highest BCUT2D eigenvalue weighted by atomic mass is 35.5. The van der Waals surface area contributed by atoms with Gasteiger partial charge in [-0.2, -0.15) is 0 Å². The van der Waals surface area contributed by atoms with E-state index in [-0.39, 0.29) is 5.91 Å². The first-order valence-electron chi connectivity index (χ1n) is 7.12. The minimum atomic E-state index is -0.272. The summed E-state index contributed by atoms with van der Waals surface area (Å²) in [6.45, 7) is 0. The lowest BCUT2D eigenvalue weighted by Crippen LogP contribution is -2.07. The Bertz CT molecular complexity index is 759. The van der Waals surface area contributed by atoms with Gasteiger partial charge in [0, 0.05) is 11.8 Å². The minimum absolute atomic E-state index is 0.272. The van der Waals surface area contributed by atoms with Crippen LogP contribution in [-0.2, 0) is 4.79 Å². The third-order valence-electron chi connectivity index (χ3n) is 3.25. The molecule has 0 heterocycles. The molecule has 24 heavy (non-hydrogen) atoms. The summed E-state index contributed by atoms with van der Waals surface area (Å²) in [4.78, 5) is 12.0. The van der Waals surface area contributed by atoms with Crippen molar-refractivity contribution < 1.29 is 19.0 Å². The molecular weight excluding hydrogens is 330 g/mol. The van der Waals surface area contributed by atoms with Gasteiger partial charge in [0.1, 0.15) is 5.75 Å². The highest BCUT2D eigenvalue weighted by molar-refractivity contribution is 6.32. The summed E-state index contributed by atoms with van der Waals surface area (Å²) in [6, 6.07) is 10.4. The number of nitrogens with one attached hydrogen (secondary N) is 1. The topological polar surface area (TPSA) is 56.8 Å². The van der Waals surface area contributed by atoms with Gasteiger partial charge < -0.3 is 19.5 Å². The molecule has 0 unspecified atom stereocenters. The van der Waals surface area contributed by atoms with Gasteiger partial charge >= 0.3 is 0 Å². The number of hydrogen-bond acceptors (Lipinski definition) is 4. The van der Waals surface area contributed by atoms with Crippen LogP contribution in [0.25, 0.3) is 6.08 Å². The van der Waals surface area contributed by atoms with Crippen LogP contribution in [0.4, 0.5) is 5.69 Å². The molecule has 0 spiro atoms. The molecule has 1 N–H and O–H groups in total. The Morgan fingerprint density at radius 1 is 0.958 bits per heavy atom. The number of hydrogen-bond donors (Lipinski definition) is 1. The molecule has 2 rings (SSSR count). The normalized spacial score (nSPS) is 10.5. The van der Waals surface area contributed by atoms with Crippen molar-refractivity contribution in [2.24, 2.45) is 0 Å². The van der Waals surface area contributed by atoms with Crippen LogP contribution in [0.2, 0.25) is 5.02 Å². The van der Waals surface area contributed by atoms with E-state index in [1.165, 1.54) is 13.2 Å². The average molecular weight is 348 g/mol. The van der Waals surface area contributed by atoms with Gasteiger partial charge in [-0.05, 0) is 42.0 Å². The average Bonchev–Trinajstić information content (AvgIpc) is 2.59. The maximum atomic E-state index is 12.0. The second-order valence-corrected chi connectivity index (χ2v) is 5.19. The highest BCUT2D eigenvalue weighted by Crippen LogP contribution is 2.28. The first-order chi connectivity index (χ1) is 11.6. The van der Waals surface area contributed by atoms with Gasteiger partial charge in [-0.15, -0.1) is 0 Å². The molecular formula is C18H18ClNO4. The van der Waals surface area contributed by atoms with E-state index >= 15 is 0 Å². The minimum Gasteiger partial charge on any atom is -0.495 e. The van der Waals surface area contributed by atoms with Crippen LogP contribution in [0.3, 0.4) is 0 Å². The molecule has 126 valence electrons. The summed E-state index contributed by atoms with van der Waals surface area (Å²) in [5, 5.41) is 3.16. The zero-order valence-electron chi connectivity index (χ0n) is 13.6. The summed E-state index contributed by atoms with van der Waals surface area (Å²) >= 11 is 6.03. The molecule has 0 aliphatic carbocycles. The van der Waals surface area contributed by atoms with Crippen LogP contribution in [0.15, 0.2) is 42.5 Å². The molecule has 0 radical (unpaired) electrons. The van der Waals surface area contributed by atoms with E-state index in [0.717, 1.165) is 5.56 Å². The zero-order valence-corrected chi connectivity index (χ0v) is 14.4. The summed E-state index contributed by atoms with van der Waals surface area (Å²) in [6.07, 6.45) is 3.11. The summed E-state index contributed by atoms with van der Waals surface area (Å²) in [5.74, 6) is 1.51. The van der Waals surface area contributed by atoms with Gasteiger partial charge in [0.25, 0.3) is 0 Å². The zero-order chi connectivity index (χ0) is 17.5. The fourth-order valence-corrected chi connectivity index (χ4v) is 2.31. The van der Waals surface area contributed by atoms with Crippen molar-refractivity contribution in [2.45, 2.75) is 0 Å².